The van der Waals surface area contributed by atoms with Gasteiger partial charge >= 0.3 is 0 Å². The molecule has 0 saturated carbocycles. The summed E-state index contributed by atoms with van der Waals surface area (Å²) >= 11 is 2.25. The average molecular weight is 379 g/mol. The van der Waals surface area contributed by atoms with Crippen molar-refractivity contribution < 1.29 is 4.79 Å². The van der Waals surface area contributed by atoms with Gasteiger partial charge in [-0.2, -0.15) is 0 Å². The van der Waals surface area contributed by atoms with Crippen LogP contribution in [0.5, 0.6) is 0 Å². The molecule has 1 N–H and O–H groups in total. The van der Waals surface area contributed by atoms with Crippen LogP contribution in [0.3, 0.4) is 0 Å². The van der Waals surface area contributed by atoms with Gasteiger partial charge in [0.2, 0.25) is 5.91 Å². The lowest BCUT2D eigenvalue weighted by Gasteiger charge is -2.05. The van der Waals surface area contributed by atoms with Crippen molar-refractivity contribution in [2.24, 2.45) is 0 Å². The maximum Gasteiger partial charge on any atom is 0.224 e. The Morgan fingerprint density at radius 3 is 2.35 bits per heavy atom. The van der Waals surface area contributed by atoms with Crippen molar-refractivity contribution in [1.29, 1.82) is 0 Å². The summed E-state index contributed by atoms with van der Waals surface area (Å²) in [5.41, 5.74) is 3.42. The van der Waals surface area contributed by atoms with Crippen molar-refractivity contribution in [3.8, 4) is 0 Å². The average Bonchev–Trinajstić information content (AvgIpc) is 2.44. The zero-order valence-corrected chi connectivity index (χ0v) is 13.7. The van der Waals surface area contributed by atoms with Crippen LogP contribution >= 0.6 is 22.6 Å². The van der Waals surface area contributed by atoms with E-state index in [1.807, 2.05) is 24.3 Å². The molecule has 0 aliphatic carbocycles. The molecular formula is C17H18INO. The Labute approximate surface area is 133 Å². The maximum absolute atomic E-state index is 11.8. The Balaban J connectivity index is 1.75. The lowest BCUT2D eigenvalue weighted by Crippen LogP contribution is -2.11. The molecule has 2 aromatic carbocycles. The fourth-order valence-corrected chi connectivity index (χ4v) is 2.32. The van der Waals surface area contributed by atoms with Gasteiger partial charge in [0.25, 0.3) is 0 Å². The fraction of sp³-hybridized carbons (Fsp3) is 0.235. The molecule has 2 nitrogen and oxygen atoms in total. The first kappa shape index (κ1) is 15.0. The van der Waals surface area contributed by atoms with Gasteiger partial charge in [-0.25, -0.2) is 0 Å². The molecule has 0 bridgehead atoms. The Morgan fingerprint density at radius 1 is 1.05 bits per heavy atom. The van der Waals surface area contributed by atoms with Crippen LogP contribution in [0, 0.1) is 10.5 Å². The normalized spacial score (nSPS) is 10.3. The van der Waals surface area contributed by atoms with Crippen molar-refractivity contribution in [3.63, 3.8) is 0 Å². The minimum atomic E-state index is 0.0818. The predicted molar refractivity (Wildman–Crippen MR) is 91.9 cm³/mol. The summed E-state index contributed by atoms with van der Waals surface area (Å²) in [6, 6.07) is 16.3. The highest BCUT2D eigenvalue weighted by atomic mass is 127. The van der Waals surface area contributed by atoms with Crippen LogP contribution in [0.2, 0.25) is 0 Å². The molecule has 104 valence electrons. The van der Waals surface area contributed by atoms with E-state index in [9.17, 15) is 4.79 Å². The topological polar surface area (TPSA) is 29.1 Å². The summed E-state index contributed by atoms with van der Waals surface area (Å²) in [5.74, 6) is 0.0818. The molecule has 3 heteroatoms. The lowest BCUT2D eigenvalue weighted by molar-refractivity contribution is -0.116. The molecule has 2 rings (SSSR count). The van der Waals surface area contributed by atoms with E-state index in [0.717, 1.165) is 18.5 Å². The standard InChI is InChI=1S/C17H18INO/c1-13-5-7-14(8-6-13)3-2-4-17(20)19-16-11-9-15(18)10-12-16/h5-12H,2-4H2,1H3,(H,19,20). The largest absolute Gasteiger partial charge is 0.326 e. The SMILES string of the molecule is Cc1ccc(CCCC(=O)Nc2ccc(I)cc2)cc1. The summed E-state index contributed by atoms with van der Waals surface area (Å²) in [6.45, 7) is 2.08. The highest BCUT2D eigenvalue weighted by Crippen LogP contribution is 2.12. The maximum atomic E-state index is 11.8. The molecule has 0 saturated heterocycles. The Bertz CT molecular complexity index is 561. The molecule has 2 aromatic rings. The quantitative estimate of drug-likeness (QED) is 0.759. The van der Waals surface area contributed by atoms with Crippen molar-refractivity contribution in [3.05, 3.63) is 63.2 Å². The van der Waals surface area contributed by atoms with Crippen LogP contribution in [-0.2, 0) is 11.2 Å². The van der Waals surface area contributed by atoms with Gasteiger partial charge in [-0.1, -0.05) is 29.8 Å². The number of amides is 1. The van der Waals surface area contributed by atoms with E-state index in [4.69, 9.17) is 0 Å². The van der Waals surface area contributed by atoms with Crippen LogP contribution in [0.25, 0.3) is 0 Å². The van der Waals surface area contributed by atoms with Gasteiger partial charge in [-0.05, 0) is 72.2 Å². The second kappa shape index (κ2) is 7.43. The molecule has 0 atom stereocenters. The first-order chi connectivity index (χ1) is 9.63. The number of hydrogen-bond acceptors (Lipinski definition) is 1. The smallest absolute Gasteiger partial charge is 0.224 e. The Kier molecular flexibility index (Phi) is 5.59. The van der Waals surface area contributed by atoms with Gasteiger partial charge in [0.05, 0.1) is 0 Å². The van der Waals surface area contributed by atoms with Gasteiger partial charge in [0, 0.05) is 15.7 Å². The fourth-order valence-electron chi connectivity index (χ4n) is 1.96. The third kappa shape index (κ3) is 4.96. The third-order valence-electron chi connectivity index (χ3n) is 3.12. The number of nitrogens with one attached hydrogen (secondary N) is 1. The van der Waals surface area contributed by atoms with E-state index >= 15 is 0 Å². The van der Waals surface area contributed by atoms with E-state index in [2.05, 4.69) is 59.1 Å². The number of halogens is 1. The minimum Gasteiger partial charge on any atom is -0.326 e. The third-order valence-corrected chi connectivity index (χ3v) is 3.84. The second-order valence-electron chi connectivity index (χ2n) is 4.89. The molecular weight excluding hydrogens is 361 g/mol. The van der Waals surface area contributed by atoms with Gasteiger partial charge in [0.1, 0.15) is 0 Å². The van der Waals surface area contributed by atoms with Crippen LogP contribution in [-0.4, -0.2) is 5.91 Å². The monoisotopic (exact) mass is 379 g/mol. The highest BCUT2D eigenvalue weighted by Gasteiger charge is 2.02. The van der Waals surface area contributed by atoms with E-state index in [0.29, 0.717) is 6.42 Å². The number of rotatable bonds is 5. The summed E-state index contributed by atoms with van der Waals surface area (Å²) in [4.78, 5) is 11.8. The van der Waals surface area contributed by atoms with Crippen molar-refractivity contribution >= 4 is 34.2 Å². The molecule has 1 amide bonds. The first-order valence-electron chi connectivity index (χ1n) is 6.74. The molecule has 0 heterocycles. The number of hydrogen-bond donors (Lipinski definition) is 1. The Morgan fingerprint density at radius 2 is 1.70 bits per heavy atom. The molecule has 0 aromatic heterocycles. The predicted octanol–water partition coefficient (Wildman–Crippen LogP) is 4.56. The zero-order valence-electron chi connectivity index (χ0n) is 11.5. The summed E-state index contributed by atoms with van der Waals surface area (Å²) < 4.78 is 1.17. The van der Waals surface area contributed by atoms with Gasteiger partial charge in [-0.3, -0.25) is 4.79 Å². The molecule has 0 spiro atoms. The van der Waals surface area contributed by atoms with Gasteiger partial charge < -0.3 is 5.32 Å². The number of benzene rings is 2. The number of carbonyl (C=O) groups excluding carboxylic acids is 1. The molecule has 0 fully saturated rings. The van der Waals surface area contributed by atoms with Crippen molar-refractivity contribution in [2.45, 2.75) is 26.2 Å². The minimum absolute atomic E-state index is 0.0818. The van der Waals surface area contributed by atoms with Crippen LogP contribution in [0.15, 0.2) is 48.5 Å². The van der Waals surface area contributed by atoms with Crippen molar-refractivity contribution in [2.75, 3.05) is 5.32 Å². The highest BCUT2D eigenvalue weighted by molar-refractivity contribution is 14.1. The van der Waals surface area contributed by atoms with Crippen molar-refractivity contribution in [1.82, 2.24) is 0 Å². The first-order valence-corrected chi connectivity index (χ1v) is 7.82. The summed E-state index contributed by atoms with van der Waals surface area (Å²) in [5, 5.41) is 2.92. The van der Waals surface area contributed by atoms with E-state index in [1.54, 1.807) is 0 Å². The van der Waals surface area contributed by atoms with Crippen LogP contribution in [0.4, 0.5) is 5.69 Å². The molecule has 20 heavy (non-hydrogen) atoms. The molecule has 0 aliphatic heterocycles. The lowest BCUT2D eigenvalue weighted by atomic mass is 10.1. The van der Waals surface area contributed by atoms with E-state index in [1.165, 1.54) is 14.7 Å². The summed E-state index contributed by atoms with van der Waals surface area (Å²) in [6.07, 6.45) is 2.37. The second-order valence-corrected chi connectivity index (χ2v) is 6.14. The van der Waals surface area contributed by atoms with E-state index in [-0.39, 0.29) is 5.91 Å². The zero-order chi connectivity index (χ0) is 14.4. The van der Waals surface area contributed by atoms with Gasteiger partial charge in [0.15, 0.2) is 0 Å². The molecule has 0 unspecified atom stereocenters. The summed E-state index contributed by atoms with van der Waals surface area (Å²) in [7, 11) is 0. The molecule has 0 aliphatic rings. The molecule has 0 radical (unpaired) electrons. The van der Waals surface area contributed by atoms with Gasteiger partial charge in [-0.15, -0.1) is 0 Å². The van der Waals surface area contributed by atoms with Crippen LogP contribution in [0.1, 0.15) is 24.0 Å². The number of anilines is 1. The number of aryl methyl sites for hydroxylation is 2. The Hall–Kier alpha value is -1.36. The van der Waals surface area contributed by atoms with E-state index < -0.39 is 0 Å². The number of carbonyl (C=O) groups is 1. The van der Waals surface area contributed by atoms with Crippen LogP contribution < -0.4 is 5.32 Å².